The topological polar surface area (TPSA) is 25.8 Å². The van der Waals surface area contributed by atoms with Crippen molar-refractivity contribution in [3.8, 4) is 22.5 Å². The number of rotatable bonds is 0. The van der Waals surface area contributed by atoms with Crippen LogP contribution in [0.2, 0.25) is 0 Å². The van der Waals surface area contributed by atoms with Crippen LogP contribution in [0.1, 0.15) is 22.3 Å². The molecule has 0 saturated heterocycles. The fraction of sp³-hybridized carbons (Fsp3) is 0.0435. The third-order valence-corrected chi connectivity index (χ3v) is 6.26. The van der Waals surface area contributed by atoms with E-state index >= 15 is 0 Å². The van der Waals surface area contributed by atoms with E-state index in [0.717, 1.165) is 21.3 Å². The number of pyridine rings is 2. The summed E-state index contributed by atoms with van der Waals surface area (Å²) in [7, 11) is 6.25. The van der Waals surface area contributed by atoms with Crippen molar-refractivity contribution in [1.29, 1.82) is 0 Å². The highest BCUT2D eigenvalue weighted by molar-refractivity contribution is 9.10. The third kappa shape index (κ3) is 1.77. The second-order valence-electron chi connectivity index (χ2n) is 7.04. The van der Waals surface area contributed by atoms with Gasteiger partial charge >= 0.3 is 0 Å². The Labute approximate surface area is 166 Å². The van der Waals surface area contributed by atoms with Gasteiger partial charge in [-0.05, 0) is 57.6 Å². The second kappa shape index (κ2) is 5.17. The van der Waals surface area contributed by atoms with E-state index in [4.69, 9.17) is 17.8 Å². The van der Waals surface area contributed by atoms with Gasteiger partial charge in [0, 0.05) is 16.9 Å². The number of halogens is 1. The summed E-state index contributed by atoms with van der Waals surface area (Å²) in [5.41, 5.74) is 9.49. The minimum atomic E-state index is -0.434. The maximum absolute atomic E-state index is 6.25. The van der Waals surface area contributed by atoms with E-state index < -0.39 is 5.41 Å². The molecule has 1 spiro atoms. The van der Waals surface area contributed by atoms with Crippen molar-refractivity contribution in [3.63, 3.8) is 0 Å². The first-order chi connectivity index (χ1) is 13.2. The van der Waals surface area contributed by atoms with Crippen LogP contribution in [0.5, 0.6) is 0 Å². The van der Waals surface area contributed by atoms with E-state index in [1.165, 1.54) is 33.4 Å². The predicted molar refractivity (Wildman–Crippen MR) is 111 cm³/mol. The molecule has 0 N–H and O–H groups in total. The van der Waals surface area contributed by atoms with Crippen LogP contribution in [-0.2, 0) is 5.41 Å². The molecule has 0 amide bonds. The third-order valence-electron chi connectivity index (χ3n) is 5.77. The quantitative estimate of drug-likeness (QED) is 0.350. The van der Waals surface area contributed by atoms with Gasteiger partial charge in [-0.1, -0.05) is 57.8 Å². The van der Waals surface area contributed by atoms with Crippen LogP contribution in [0.4, 0.5) is 0 Å². The zero-order valence-corrected chi connectivity index (χ0v) is 15.9. The van der Waals surface area contributed by atoms with Crippen LogP contribution >= 0.6 is 15.9 Å². The number of fused-ring (bicyclic) bond motifs is 10. The molecular weight excluding hydrogens is 395 g/mol. The Morgan fingerprint density at radius 1 is 0.704 bits per heavy atom. The molecule has 2 radical (unpaired) electrons. The molecule has 0 unspecified atom stereocenters. The van der Waals surface area contributed by atoms with Crippen LogP contribution in [0.25, 0.3) is 22.5 Å². The van der Waals surface area contributed by atoms with Crippen molar-refractivity contribution < 1.29 is 0 Å². The van der Waals surface area contributed by atoms with Crippen molar-refractivity contribution in [2.24, 2.45) is 0 Å². The van der Waals surface area contributed by atoms with Gasteiger partial charge in [-0.3, -0.25) is 9.97 Å². The van der Waals surface area contributed by atoms with Gasteiger partial charge in [-0.15, -0.1) is 0 Å². The standard InChI is InChI=1S/C23H12BBrN2/c24-13-5-7-15-16-8-6-14(25)12-20(16)23(19(15)11-13)17-3-1-9-26-21(17)22-18(23)4-2-10-27-22/h1-12H. The summed E-state index contributed by atoms with van der Waals surface area (Å²) in [5.74, 6) is 0. The molecular formula is C23H12BBrN2. The Morgan fingerprint density at radius 2 is 1.30 bits per heavy atom. The zero-order chi connectivity index (χ0) is 18.2. The van der Waals surface area contributed by atoms with Crippen LogP contribution in [-0.4, -0.2) is 17.8 Å². The molecule has 2 nitrogen and oxygen atoms in total. The second-order valence-corrected chi connectivity index (χ2v) is 7.96. The molecule has 2 aromatic carbocycles. The number of hydrogen-bond donors (Lipinski definition) is 0. The fourth-order valence-corrected chi connectivity index (χ4v) is 5.19. The van der Waals surface area contributed by atoms with Gasteiger partial charge in [0.15, 0.2) is 0 Å². The molecule has 0 bridgehead atoms. The van der Waals surface area contributed by atoms with Gasteiger partial charge in [0.2, 0.25) is 0 Å². The van der Waals surface area contributed by atoms with Gasteiger partial charge < -0.3 is 0 Å². The van der Waals surface area contributed by atoms with Gasteiger partial charge in [-0.25, -0.2) is 0 Å². The minimum absolute atomic E-state index is 0.434. The zero-order valence-electron chi connectivity index (χ0n) is 14.3. The molecule has 0 saturated carbocycles. The number of aromatic nitrogens is 2. The smallest absolute Gasteiger partial charge is 0.113 e. The van der Waals surface area contributed by atoms with Crippen LogP contribution in [0, 0.1) is 0 Å². The monoisotopic (exact) mass is 406 g/mol. The first kappa shape index (κ1) is 15.4. The summed E-state index contributed by atoms with van der Waals surface area (Å²) in [6, 6.07) is 21.1. The molecule has 124 valence electrons. The predicted octanol–water partition coefficient (Wildman–Crippen LogP) is 4.38. The maximum atomic E-state index is 6.25. The van der Waals surface area contributed by atoms with Crippen molar-refractivity contribution in [3.05, 3.63) is 99.8 Å². The van der Waals surface area contributed by atoms with Crippen molar-refractivity contribution >= 4 is 29.2 Å². The SMILES string of the molecule is [B]c1ccc2c(c1)C1(c3cc(Br)ccc3-2)c2cccnc2-c2ncccc21. The van der Waals surface area contributed by atoms with E-state index in [1.54, 1.807) is 0 Å². The molecule has 2 aromatic heterocycles. The summed E-state index contributed by atoms with van der Waals surface area (Å²) < 4.78 is 1.06. The molecule has 2 heterocycles. The lowest BCUT2D eigenvalue weighted by Gasteiger charge is -2.30. The van der Waals surface area contributed by atoms with Crippen LogP contribution in [0.3, 0.4) is 0 Å². The Bertz CT molecular complexity index is 1170. The maximum Gasteiger partial charge on any atom is 0.113 e. The highest BCUT2D eigenvalue weighted by atomic mass is 79.9. The Balaban J connectivity index is 1.88. The number of hydrogen-bond acceptors (Lipinski definition) is 2. The van der Waals surface area contributed by atoms with E-state index in [2.05, 4.69) is 58.4 Å². The van der Waals surface area contributed by atoms with Crippen molar-refractivity contribution in [1.82, 2.24) is 9.97 Å². The van der Waals surface area contributed by atoms with Crippen molar-refractivity contribution in [2.75, 3.05) is 0 Å². The molecule has 4 aromatic rings. The molecule has 2 aliphatic rings. The minimum Gasteiger partial charge on any atom is -0.254 e. The molecule has 0 atom stereocenters. The lowest BCUT2D eigenvalue weighted by Crippen LogP contribution is -2.27. The van der Waals surface area contributed by atoms with E-state index in [9.17, 15) is 0 Å². The van der Waals surface area contributed by atoms with E-state index in [-0.39, 0.29) is 0 Å². The average Bonchev–Trinajstić information content (AvgIpc) is 3.14. The molecule has 0 fully saturated rings. The number of nitrogens with zero attached hydrogens (tertiary/aromatic N) is 2. The summed E-state index contributed by atoms with van der Waals surface area (Å²) in [4.78, 5) is 9.41. The van der Waals surface area contributed by atoms with Gasteiger partial charge in [0.1, 0.15) is 7.85 Å². The molecule has 6 rings (SSSR count). The van der Waals surface area contributed by atoms with Crippen molar-refractivity contribution in [2.45, 2.75) is 5.41 Å². The lowest BCUT2D eigenvalue weighted by atomic mass is 9.70. The number of benzene rings is 2. The summed E-state index contributed by atoms with van der Waals surface area (Å²) in [5, 5.41) is 0. The normalized spacial score (nSPS) is 14.6. The molecule has 4 heteroatoms. The molecule has 0 aliphatic heterocycles. The summed E-state index contributed by atoms with van der Waals surface area (Å²) in [6.45, 7) is 0. The van der Waals surface area contributed by atoms with Gasteiger partial charge in [0.05, 0.1) is 16.8 Å². The first-order valence-electron chi connectivity index (χ1n) is 8.83. The molecule has 27 heavy (non-hydrogen) atoms. The lowest BCUT2D eigenvalue weighted by molar-refractivity contribution is 0.789. The highest BCUT2D eigenvalue weighted by Gasteiger charge is 2.52. The average molecular weight is 407 g/mol. The Kier molecular flexibility index (Phi) is 2.94. The molecule has 2 aliphatic carbocycles. The van der Waals surface area contributed by atoms with Gasteiger partial charge in [0.25, 0.3) is 0 Å². The van der Waals surface area contributed by atoms with E-state index in [1.807, 2.05) is 30.6 Å². The summed E-state index contributed by atoms with van der Waals surface area (Å²) >= 11 is 3.68. The Hall–Kier alpha value is -2.72. The Morgan fingerprint density at radius 3 is 1.96 bits per heavy atom. The van der Waals surface area contributed by atoms with Crippen LogP contribution < -0.4 is 5.46 Å². The van der Waals surface area contributed by atoms with Gasteiger partial charge in [-0.2, -0.15) is 0 Å². The fourth-order valence-electron chi connectivity index (χ4n) is 4.83. The summed E-state index contributed by atoms with van der Waals surface area (Å²) in [6.07, 6.45) is 3.68. The largest absolute Gasteiger partial charge is 0.254 e. The van der Waals surface area contributed by atoms with Crippen LogP contribution in [0.15, 0.2) is 77.5 Å². The first-order valence-corrected chi connectivity index (χ1v) is 9.62. The van der Waals surface area contributed by atoms with E-state index in [0.29, 0.717) is 0 Å². The highest BCUT2D eigenvalue weighted by Crippen LogP contribution is 2.61.